The summed E-state index contributed by atoms with van der Waals surface area (Å²) in [5, 5.41) is 12.9. The summed E-state index contributed by atoms with van der Waals surface area (Å²) in [6, 6.07) is 15.9. The van der Waals surface area contributed by atoms with Gasteiger partial charge in [0.25, 0.3) is 0 Å². The van der Waals surface area contributed by atoms with E-state index in [0.29, 0.717) is 5.75 Å². The van der Waals surface area contributed by atoms with Crippen LogP contribution >= 0.6 is 11.8 Å². The van der Waals surface area contributed by atoms with Gasteiger partial charge in [0.1, 0.15) is 0 Å². The molecule has 0 spiro atoms. The molecule has 7 heteroatoms. The van der Waals surface area contributed by atoms with Crippen LogP contribution < -0.4 is 0 Å². The molecular weight excluding hydrogens is 296 g/mol. The highest BCUT2D eigenvalue weighted by molar-refractivity contribution is 7.98. The Morgan fingerprint density at radius 1 is 1.00 bits per heavy atom. The lowest BCUT2D eigenvalue weighted by Crippen LogP contribution is -2.02. The first-order chi connectivity index (χ1) is 10.9. The normalized spacial score (nSPS) is 11.1. The second-order valence-electron chi connectivity index (χ2n) is 4.67. The van der Waals surface area contributed by atoms with Crippen molar-refractivity contribution in [2.24, 2.45) is 0 Å². The van der Waals surface area contributed by atoms with Crippen LogP contribution in [0.25, 0.3) is 11.2 Å². The number of tetrazole rings is 1. The maximum atomic E-state index is 4.45. The highest BCUT2D eigenvalue weighted by Crippen LogP contribution is 2.22. The van der Waals surface area contributed by atoms with E-state index in [1.165, 1.54) is 0 Å². The molecule has 0 aliphatic rings. The average Bonchev–Trinajstić information content (AvgIpc) is 3.20. The SMILES string of the molecule is c1ccc(-n2nnnc2CSc2ncc3ccccn23)cc1. The number of imidazole rings is 1. The Hall–Kier alpha value is -2.67. The van der Waals surface area contributed by atoms with Gasteiger partial charge in [-0.2, -0.15) is 4.68 Å². The van der Waals surface area contributed by atoms with Crippen LogP contribution in [0.4, 0.5) is 0 Å². The maximum absolute atomic E-state index is 4.45. The van der Waals surface area contributed by atoms with Gasteiger partial charge in [0.05, 0.1) is 23.2 Å². The summed E-state index contributed by atoms with van der Waals surface area (Å²) in [6.07, 6.45) is 3.87. The Bertz CT molecular complexity index is 898. The number of hydrogen-bond donors (Lipinski definition) is 0. The molecule has 0 atom stereocenters. The van der Waals surface area contributed by atoms with Gasteiger partial charge in [0, 0.05) is 6.20 Å². The van der Waals surface area contributed by atoms with Crippen molar-refractivity contribution >= 4 is 17.3 Å². The van der Waals surface area contributed by atoms with E-state index in [0.717, 1.165) is 22.2 Å². The zero-order chi connectivity index (χ0) is 14.8. The molecule has 0 saturated carbocycles. The molecule has 0 unspecified atom stereocenters. The third-order valence-electron chi connectivity index (χ3n) is 3.27. The number of nitrogens with zero attached hydrogens (tertiary/aromatic N) is 6. The Kier molecular flexibility index (Phi) is 3.32. The summed E-state index contributed by atoms with van der Waals surface area (Å²) in [7, 11) is 0. The van der Waals surface area contributed by atoms with Gasteiger partial charge in [0.15, 0.2) is 11.0 Å². The number of thioether (sulfide) groups is 1. The van der Waals surface area contributed by atoms with E-state index in [-0.39, 0.29) is 0 Å². The molecular formula is C15H12N6S. The van der Waals surface area contributed by atoms with Crippen LogP contribution in [0.1, 0.15) is 5.82 Å². The van der Waals surface area contributed by atoms with E-state index in [4.69, 9.17) is 0 Å². The van der Waals surface area contributed by atoms with Crippen LogP contribution in [0.3, 0.4) is 0 Å². The van der Waals surface area contributed by atoms with Gasteiger partial charge in [-0.25, -0.2) is 4.98 Å². The first-order valence-electron chi connectivity index (χ1n) is 6.79. The maximum Gasteiger partial charge on any atom is 0.173 e. The number of fused-ring (bicyclic) bond motifs is 1. The number of aromatic nitrogens is 6. The highest BCUT2D eigenvalue weighted by atomic mass is 32.2. The number of para-hydroxylation sites is 1. The number of pyridine rings is 1. The van der Waals surface area contributed by atoms with Crippen molar-refractivity contribution in [3.8, 4) is 5.69 Å². The van der Waals surface area contributed by atoms with Crippen molar-refractivity contribution in [1.82, 2.24) is 29.6 Å². The van der Waals surface area contributed by atoms with E-state index < -0.39 is 0 Å². The molecule has 0 fully saturated rings. The highest BCUT2D eigenvalue weighted by Gasteiger charge is 2.10. The predicted octanol–water partition coefficient (Wildman–Crippen LogP) is 2.60. The molecule has 0 amide bonds. The van der Waals surface area contributed by atoms with Gasteiger partial charge in [0.2, 0.25) is 0 Å². The minimum Gasteiger partial charge on any atom is -0.295 e. The molecule has 4 aromatic rings. The Morgan fingerprint density at radius 3 is 2.77 bits per heavy atom. The van der Waals surface area contributed by atoms with Gasteiger partial charge in [-0.1, -0.05) is 36.0 Å². The average molecular weight is 308 g/mol. The number of benzene rings is 1. The van der Waals surface area contributed by atoms with Gasteiger partial charge >= 0.3 is 0 Å². The number of hydrogen-bond acceptors (Lipinski definition) is 5. The quantitative estimate of drug-likeness (QED) is 0.542. The third-order valence-corrected chi connectivity index (χ3v) is 4.23. The molecule has 0 aliphatic heterocycles. The lowest BCUT2D eigenvalue weighted by atomic mass is 10.3. The fraction of sp³-hybridized carbons (Fsp3) is 0.0667. The third kappa shape index (κ3) is 2.35. The molecule has 1 aromatic carbocycles. The molecule has 3 aromatic heterocycles. The summed E-state index contributed by atoms with van der Waals surface area (Å²) in [5.74, 6) is 1.44. The molecule has 0 bridgehead atoms. The first-order valence-corrected chi connectivity index (χ1v) is 7.78. The van der Waals surface area contributed by atoms with Crippen molar-refractivity contribution in [1.29, 1.82) is 0 Å². The van der Waals surface area contributed by atoms with Crippen molar-refractivity contribution in [2.75, 3.05) is 0 Å². The Labute approximate surface area is 130 Å². The molecule has 3 heterocycles. The second-order valence-corrected chi connectivity index (χ2v) is 5.61. The van der Waals surface area contributed by atoms with Crippen LogP contribution in [0, 0.1) is 0 Å². The van der Waals surface area contributed by atoms with Crippen molar-refractivity contribution in [3.05, 3.63) is 66.7 Å². The van der Waals surface area contributed by atoms with Crippen molar-refractivity contribution in [2.45, 2.75) is 10.9 Å². The largest absolute Gasteiger partial charge is 0.295 e. The molecule has 22 heavy (non-hydrogen) atoms. The van der Waals surface area contributed by atoms with Crippen LogP contribution in [-0.2, 0) is 5.75 Å². The first kappa shape index (κ1) is 13.0. The fourth-order valence-corrected chi connectivity index (χ4v) is 3.09. The summed E-state index contributed by atoms with van der Waals surface area (Å²) in [6.45, 7) is 0. The Morgan fingerprint density at radius 2 is 1.86 bits per heavy atom. The second kappa shape index (κ2) is 5.61. The molecule has 4 rings (SSSR count). The summed E-state index contributed by atoms with van der Waals surface area (Å²) < 4.78 is 3.81. The summed E-state index contributed by atoms with van der Waals surface area (Å²) >= 11 is 1.61. The van der Waals surface area contributed by atoms with Crippen molar-refractivity contribution < 1.29 is 0 Å². The van der Waals surface area contributed by atoms with Crippen LogP contribution in [0.5, 0.6) is 0 Å². The van der Waals surface area contributed by atoms with E-state index in [9.17, 15) is 0 Å². The molecule has 0 N–H and O–H groups in total. The lowest BCUT2D eigenvalue weighted by molar-refractivity contribution is 0.777. The lowest BCUT2D eigenvalue weighted by Gasteiger charge is -2.04. The van der Waals surface area contributed by atoms with Crippen LogP contribution in [0.15, 0.2) is 66.1 Å². The molecule has 0 aliphatic carbocycles. The standard InChI is InChI=1S/C15H12N6S/c1-2-6-12(7-3-1)21-14(17-18-19-21)11-22-15-16-10-13-8-4-5-9-20(13)15/h1-10H,11H2. The predicted molar refractivity (Wildman–Crippen MR) is 83.9 cm³/mol. The van der Waals surface area contributed by atoms with E-state index in [1.54, 1.807) is 16.4 Å². The van der Waals surface area contributed by atoms with E-state index in [1.807, 2.05) is 60.9 Å². The van der Waals surface area contributed by atoms with Crippen molar-refractivity contribution in [3.63, 3.8) is 0 Å². The fourth-order valence-electron chi connectivity index (χ4n) is 2.22. The minimum absolute atomic E-state index is 0.649. The molecule has 6 nitrogen and oxygen atoms in total. The number of rotatable bonds is 4. The van der Waals surface area contributed by atoms with E-state index in [2.05, 4.69) is 24.9 Å². The molecule has 0 radical (unpaired) electrons. The molecule has 0 saturated heterocycles. The molecule has 108 valence electrons. The summed E-state index contributed by atoms with van der Waals surface area (Å²) in [5.41, 5.74) is 2.03. The Balaban J connectivity index is 1.59. The minimum atomic E-state index is 0.649. The topological polar surface area (TPSA) is 60.9 Å². The van der Waals surface area contributed by atoms with Gasteiger partial charge in [-0.15, -0.1) is 5.10 Å². The van der Waals surface area contributed by atoms with E-state index >= 15 is 0 Å². The van der Waals surface area contributed by atoms with Gasteiger partial charge in [-0.3, -0.25) is 4.40 Å². The summed E-state index contributed by atoms with van der Waals surface area (Å²) in [4.78, 5) is 4.45. The zero-order valence-corrected chi connectivity index (χ0v) is 12.4. The van der Waals surface area contributed by atoms with Crippen LogP contribution in [-0.4, -0.2) is 29.6 Å². The van der Waals surface area contributed by atoms with Crippen LogP contribution in [0.2, 0.25) is 0 Å². The van der Waals surface area contributed by atoms with Gasteiger partial charge < -0.3 is 0 Å². The zero-order valence-electron chi connectivity index (χ0n) is 11.6. The monoisotopic (exact) mass is 308 g/mol. The smallest absolute Gasteiger partial charge is 0.173 e. The van der Waals surface area contributed by atoms with Gasteiger partial charge in [-0.05, 0) is 34.7 Å².